The van der Waals surface area contributed by atoms with Gasteiger partial charge in [-0.2, -0.15) is 0 Å². The van der Waals surface area contributed by atoms with E-state index in [0.717, 1.165) is 0 Å². The van der Waals surface area contributed by atoms with Gasteiger partial charge in [0.15, 0.2) is 0 Å². The minimum atomic E-state index is 0.155. The van der Waals surface area contributed by atoms with E-state index < -0.39 is 0 Å². The molecule has 0 amide bonds. The van der Waals surface area contributed by atoms with Gasteiger partial charge in [0.2, 0.25) is 0 Å². The van der Waals surface area contributed by atoms with Crippen LogP contribution in [0.3, 0.4) is 0 Å². The van der Waals surface area contributed by atoms with E-state index in [0.29, 0.717) is 0 Å². The van der Waals surface area contributed by atoms with Gasteiger partial charge < -0.3 is 19.2 Å². The molecule has 0 aromatic carbocycles. The first kappa shape index (κ1) is 15.5. The third kappa shape index (κ3) is 5.04. The molecule has 16 heavy (non-hydrogen) atoms. The first-order valence-electron chi connectivity index (χ1n) is 5.44. The van der Waals surface area contributed by atoms with Crippen LogP contribution in [0.5, 0.6) is 0 Å². The van der Waals surface area contributed by atoms with Gasteiger partial charge in [-0.05, 0) is 56.4 Å². The highest BCUT2D eigenvalue weighted by Gasteiger charge is 2.21. The van der Waals surface area contributed by atoms with E-state index in [1.165, 1.54) is 0 Å². The van der Waals surface area contributed by atoms with Gasteiger partial charge in [-0.25, -0.2) is 0 Å². The van der Waals surface area contributed by atoms with Crippen molar-refractivity contribution in [2.75, 3.05) is 56.4 Å². The molecule has 0 unspecified atom stereocenters. The van der Waals surface area contributed by atoms with Gasteiger partial charge in [-0.1, -0.05) is 0 Å². The molecule has 0 aromatic rings. The van der Waals surface area contributed by atoms with Gasteiger partial charge in [-0.15, -0.1) is 11.6 Å². The molecule has 0 spiro atoms. The van der Waals surface area contributed by atoms with Crippen LogP contribution in [0.1, 0.15) is 0 Å². The van der Waals surface area contributed by atoms with Gasteiger partial charge in [0.1, 0.15) is 0 Å². The molecule has 0 radical (unpaired) electrons. The predicted molar refractivity (Wildman–Crippen MR) is 74.0 cm³/mol. The van der Waals surface area contributed by atoms with Crippen LogP contribution in [0.4, 0.5) is 0 Å². The molecule has 0 bridgehead atoms. The third-order valence-corrected chi connectivity index (χ3v) is 2.30. The van der Waals surface area contributed by atoms with Crippen molar-refractivity contribution in [2.45, 2.75) is 0 Å². The summed E-state index contributed by atoms with van der Waals surface area (Å²) < 4.78 is 0. The van der Waals surface area contributed by atoms with Crippen molar-refractivity contribution >= 4 is 14.0 Å². The molecule has 0 aliphatic carbocycles. The summed E-state index contributed by atoms with van der Waals surface area (Å²) in [6.07, 6.45) is 0. The van der Waals surface area contributed by atoms with Crippen molar-refractivity contribution in [2.24, 2.45) is 0 Å². The molecule has 0 aliphatic rings. The molecule has 90 valence electrons. The summed E-state index contributed by atoms with van der Waals surface area (Å²) in [5, 5.41) is 0. The molecule has 0 atom stereocenters. The van der Waals surface area contributed by atoms with E-state index in [9.17, 15) is 0 Å². The summed E-state index contributed by atoms with van der Waals surface area (Å²) >= 11 is 0. The lowest BCUT2D eigenvalue weighted by atomic mass is 9.67. The van der Waals surface area contributed by atoms with Crippen LogP contribution in [-0.4, -0.2) is 89.6 Å². The van der Waals surface area contributed by atoms with E-state index >= 15 is 0 Å². The molecule has 0 aliphatic heterocycles. The molecule has 0 heterocycles. The summed E-state index contributed by atoms with van der Waals surface area (Å²) in [5.41, 5.74) is 0. The van der Waals surface area contributed by atoms with Crippen LogP contribution in [0.15, 0.2) is 0 Å². The van der Waals surface area contributed by atoms with E-state index in [-0.39, 0.29) is 14.0 Å². The van der Waals surface area contributed by atoms with Crippen LogP contribution in [-0.2, 0) is 0 Å². The van der Waals surface area contributed by atoms with Gasteiger partial charge in [0.25, 0.3) is 0 Å². The van der Waals surface area contributed by atoms with Gasteiger partial charge >= 0.3 is 14.0 Å². The fourth-order valence-electron chi connectivity index (χ4n) is 1.59. The van der Waals surface area contributed by atoms with Crippen LogP contribution >= 0.6 is 0 Å². The van der Waals surface area contributed by atoms with Crippen molar-refractivity contribution in [1.82, 2.24) is 19.2 Å². The summed E-state index contributed by atoms with van der Waals surface area (Å²) in [4.78, 5) is 8.43. The van der Waals surface area contributed by atoms with Crippen LogP contribution < -0.4 is 0 Å². The summed E-state index contributed by atoms with van der Waals surface area (Å²) in [6.45, 7) is 0.310. The highest BCUT2D eigenvalue weighted by Crippen LogP contribution is 1.93. The molecule has 0 fully saturated rings. The molecule has 0 saturated carbocycles. The second-order valence-corrected chi connectivity index (χ2v) is 4.89. The van der Waals surface area contributed by atoms with Crippen molar-refractivity contribution < 1.29 is 0 Å². The monoisotopic (exact) mass is 222 g/mol. The van der Waals surface area contributed by atoms with Crippen molar-refractivity contribution in [3.05, 3.63) is 0 Å². The first-order valence-corrected chi connectivity index (χ1v) is 5.44. The van der Waals surface area contributed by atoms with Crippen molar-refractivity contribution in [3.63, 3.8) is 0 Å². The number of hydrogen-bond donors (Lipinski definition) is 0. The van der Waals surface area contributed by atoms with Gasteiger partial charge in [0.05, 0.1) is 0 Å². The maximum absolute atomic E-state index is 3.30. The summed E-state index contributed by atoms with van der Waals surface area (Å²) in [6, 6.07) is 0. The van der Waals surface area contributed by atoms with E-state index in [2.05, 4.69) is 30.9 Å². The molecule has 0 rings (SSSR count). The Morgan fingerprint density at radius 1 is 0.500 bits per heavy atom. The lowest BCUT2D eigenvalue weighted by Gasteiger charge is -2.23. The second kappa shape index (κ2) is 6.97. The van der Waals surface area contributed by atoms with Crippen LogP contribution in [0.2, 0.25) is 0 Å². The molecular formula is C10H24B2N4. The molecule has 0 N–H and O–H groups in total. The topological polar surface area (TPSA) is 13.0 Å². The molecule has 0 aromatic heterocycles. The summed E-state index contributed by atoms with van der Waals surface area (Å²) in [5.74, 6) is 6.60. The Hall–Kier alpha value is -0.470. The Bertz CT molecular complexity index is 215. The van der Waals surface area contributed by atoms with E-state index in [1.807, 2.05) is 56.4 Å². The zero-order valence-corrected chi connectivity index (χ0v) is 11.9. The minimum absolute atomic E-state index is 0.155. The fraction of sp³-hybridized carbons (Fsp3) is 0.800. The Morgan fingerprint density at radius 3 is 0.812 bits per heavy atom. The number of hydrogen-bond acceptors (Lipinski definition) is 4. The molecule has 4 nitrogen and oxygen atoms in total. The second-order valence-electron chi connectivity index (χ2n) is 4.89. The quantitative estimate of drug-likeness (QED) is 0.460. The summed E-state index contributed by atoms with van der Waals surface area (Å²) in [7, 11) is 16.3. The Balaban J connectivity index is 4.76. The van der Waals surface area contributed by atoms with Crippen LogP contribution in [0.25, 0.3) is 0 Å². The Kier molecular flexibility index (Phi) is 6.77. The zero-order chi connectivity index (χ0) is 12.9. The van der Waals surface area contributed by atoms with E-state index in [4.69, 9.17) is 0 Å². The molecule has 6 heteroatoms. The predicted octanol–water partition coefficient (Wildman–Crippen LogP) is -0.709. The minimum Gasteiger partial charge on any atom is -0.323 e. The lowest BCUT2D eigenvalue weighted by molar-refractivity contribution is 0.530. The van der Waals surface area contributed by atoms with Gasteiger partial charge in [0, 0.05) is 0 Å². The molecular weight excluding hydrogens is 198 g/mol. The molecule has 0 saturated heterocycles. The first-order chi connectivity index (χ1) is 7.27. The normalized spacial score (nSPS) is 11.0. The highest BCUT2D eigenvalue weighted by atomic mass is 15.2. The number of rotatable bonds is 4. The highest BCUT2D eigenvalue weighted by molar-refractivity contribution is 6.67. The standard InChI is InChI=1S/C10H24B2N4/c1-13(2)11(14(3)4)9-10-12(15(5)6)16(7)8/h1-8H3. The Labute approximate surface area is 102 Å². The van der Waals surface area contributed by atoms with E-state index in [1.54, 1.807) is 0 Å². The third-order valence-electron chi connectivity index (χ3n) is 2.30. The smallest absolute Gasteiger partial charge is 0.323 e. The van der Waals surface area contributed by atoms with Gasteiger partial charge in [-0.3, -0.25) is 0 Å². The van der Waals surface area contributed by atoms with Crippen molar-refractivity contribution in [1.29, 1.82) is 0 Å². The average molecular weight is 222 g/mol. The lowest BCUT2D eigenvalue weighted by Crippen LogP contribution is -2.47. The Morgan fingerprint density at radius 2 is 0.688 bits per heavy atom. The maximum atomic E-state index is 3.30. The fourth-order valence-corrected chi connectivity index (χ4v) is 1.59. The van der Waals surface area contributed by atoms with Crippen LogP contribution in [0, 0.1) is 11.6 Å². The largest absolute Gasteiger partial charge is 0.398 e. The zero-order valence-electron chi connectivity index (χ0n) is 11.9. The van der Waals surface area contributed by atoms with Crippen molar-refractivity contribution in [3.8, 4) is 11.6 Å². The number of nitrogens with zero attached hydrogens (tertiary/aromatic N) is 4. The maximum Gasteiger partial charge on any atom is 0.398 e. The SMILES string of the molecule is CN(C)B(C#CB(N(C)C)N(C)C)N(C)C. The average Bonchev–Trinajstić information content (AvgIpc) is 2.09.